The maximum Gasteiger partial charge on any atom is 0.00198 e. The molecule has 0 saturated carbocycles. The maximum atomic E-state index is 3.44. The van der Waals surface area contributed by atoms with Crippen LogP contribution in [-0.4, -0.2) is 12.6 Å². The number of rotatable bonds is 4. The SMILES string of the molecule is CC(C)NCC(C)c1ccccc1.[HH]. The minimum atomic E-state index is 0. The van der Waals surface area contributed by atoms with Crippen molar-refractivity contribution >= 4 is 0 Å². The highest BCUT2D eigenvalue weighted by Gasteiger charge is 2.04. The van der Waals surface area contributed by atoms with Gasteiger partial charge >= 0.3 is 0 Å². The van der Waals surface area contributed by atoms with Gasteiger partial charge in [0.2, 0.25) is 0 Å². The van der Waals surface area contributed by atoms with Crippen LogP contribution in [0, 0.1) is 0 Å². The van der Waals surface area contributed by atoms with Crippen LogP contribution in [0.25, 0.3) is 0 Å². The zero-order valence-electron chi connectivity index (χ0n) is 8.75. The molecular weight excluding hydrogens is 158 g/mol. The third kappa shape index (κ3) is 3.60. The van der Waals surface area contributed by atoms with Crippen molar-refractivity contribution in [3.8, 4) is 0 Å². The molecule has 1 heteroatoms. The van der Waals surface area contributed by atoms with E-state index in [0.717, 1.165) is 6.54 Å². The van der Waals surface area contributed by atoms with Gasteiger partial charge in [0.25, 0.3) is 0 Å². The normalized spacial score (nSPS) is 13.2. The van der Waals surface area contributed by atoms with Gasteiger partial charge in [-0.1, -0.05) is 51.1 Å². The summed E-state index contributed by atoms with van der Waals surface area (Å²) in [6.07, 6.45) is 0. The van der Waals surface area contributed by atoms with Crippen molar-refractivity contribution in [2.24, 2.45) is 0 Å². The van der Waals surface area contributed by atoms with Gasteiger partial charge in [0.1, 0.15) is 0 Å². The molecule has 0 amide bonds. The average Bonchev–Trinajstić information content (AvgIpc) is 2.15. The van der Waals surface area contributed by atoms with E-state index in [0.29, 0.717) is 12.0 Å². The molecular formula is C12H21N. The molecule has 1 nitrogen and oxygen atoms in total. The van der Waals surface area contributed by atoms with E-state index in [1.165, 1.54) is 5.56 Å². The van der Waals surface area contributed by atoms with Crippen molar-refractivity contribution in [1.82, 2.24) is 5.32 Å². The molecule has 1 rings (SSSR count). The van der Waals surface area contributed by atoms with Gasteiger partial charge in [-0.3, -0.25) is 0 Å². The van der Waals surface area contributed by atoms with E-state index in [2.05, 4.69) is 56.4 Å². The topological polar surface area (TPSA) is 12.0 Å². The van der Waals surface area contributed by atoms with Crippen LogP contribution < -0.4 is 5.32 Å². The van der Waals surface area contributed by atoms with E-state index >= 15 is 0 Å². The Labute approximate surface area is 82.7 Å². The van der Waals surface area contributed by atoms with Crippen LogP contribution in [0.3, 0.4) is 0 Å². The van der Waals surface area contributed by atoms with Crippen LogP contribution in [0.15, 0.2) is 30.3 Å². The molecule has 0 saturated heterocycles. The fourth-order valence-electron chi connectivity index (χ4n) is 1.31. The fraction of sp³-hybridized carbons (Fsp3) is 0.500. The smallest absolute Gasteiger partial charge is 0.00198 e. The summed E-state index contributed by atoms with van der Waals surface area (Å²) in [5.74, 6) is 0.601. The molecule has 1 unspecified atom stereocenters. The molecule has 1 N–H and O–H groups in total. The predicted molar refractivity (Wildman–Crippen MR) is 60.1 cm³/mol. The van der Waals surface area contributed by atoms with E-state index in [-0.39, 0.29) is 1.43 Å². The van der Waals surface area contributed by atoms with Gasteiger partial charge < -0.3 is 5.32 Å². The maximum absolute atomic E-state index is 3.44. The van der Waals surface area contributed by atoms with E-state index in [4.69, 9.17) is 0 Å². The lowest BCUT2D eigenvalue weighted by molar-refractivity contribution is 0.548. The van der Waals surface area contributed by atoms with Crippen LogP contribution >= 0.6 is 0 Å². The highest BCUT2D eigenvalue weighted by Crippen LogP contribution is 2.12. The molecule has 1 aromatic rings. The van der Waals surface area contributed by atoms with Gasteiger partial charge in [0.15, 0.2) is 0 Å². The minimum Gasteiger partial charge on any atom is -0.314 e. The molecule has 74 valence electrons. The van der Waals surface area contributed by atoms with Gasteiger partial charge in [-0.25, -0.2) is 0 Å². The summed E-state index contributed by atoms with van der Waals surface area (Å²) in [7, 11) is 0. The van der Waals surface area contributed by atoms with Crippen LogP contribution in [-0.2, 0) is 0 Å². The van der Waals surface area contributed by atoms with Crippen molar-refractivity contribution in [3.63, 3.8) is 0 Å². The Hall–Kier alpha value is -0.820. The Kier molecular flexibility index (Phi) is 3.97. The highest BCUT2D eigenvalue weighted by molar-refractivity contribution is 5.18. The number of nitrogens with one attached hydrogen (secondary N) is 1. The molecule has 0 radical (unpaired) electrons. The first-order valence-electron chi connectivity index (χ1n) is 4.98. The van der Waals surface area contributed by atoms with Gasteiger partial charge in [-0.2, -0.15) is 0 Å². The van der Waals surface area contributed by atoms with Crippen LogP contribution in [0.4, 0.5) is 0 Å². The first-order valence-corrected chi connectivity index (χ1v) is 4.98. The van der Waals surface area contributed by atoms with Crippen LogP contribution in [0.1, 0.15) is 33.7 Å². The predicted octanol–water partition coefficient (Wildman–Crippen LogP) is 3.03. The summed E-state index contributed by atoms with van der Waals surface area (Å²) in [5, 5.41) is 3.44. The van der Waals surface area contributed by atoms with Crippen molar-refractivity contribution in [2.75, 3.05) is 6.54 Å². The van der Waals surface area contributed by atoms with E-state index in [1.54, 1.807) is 0 Å². The lowest BCUT2D eigenvalue weighted by atomic mass is 10.0. The average molecular weight is 179 g/mol. The summed E-state index contributed by atoms with van der Waals surface area (Å²) < 4.78 is 0. The van der Waals surface area contributed by atoms with Crippen molar-refractivity contribution < 1.29 is 1.43 Å². The van der Waals surface area contributed by atoms with Gasteiger partial charge in [-0.05, 0) is 11.5 Å². The summed E-state index contributed by atoms with van der Waals surface area (Å²) >= 11 is 0. The largest absolute Gasteiger partial charge is 0.314 e. The summed E-state index contributed by atoms with van der Waals surface area (Å²) in [6, 6.07) is 11.2. The van der Waals surface area contributed by atoms with Crippen molar-refractivity contribution in [1.29, 1.82) is 0 Å². The van der Waals surface area contributed by atoms with Crippen molar-refractivity contribution in [3.05, 3.63) is 35.9 Å². The Morgan fingerprint density at radius 3 is 2.31 bits per heavy atom. The molecule has 0 bridgehead atoms. The first-order chi connectivity index (χ1) is 6.20. The van der Waals surface area contributed by atoms with E-state index in [1.807, 2.05) is 0 Å². The van der Waals surface area contributed by atoms with Crippen LogP contribution in [0.5, 0.6) is 0 Å². The Morgan fingerprint density at radius 1 is 1.15 bits per heavy atom. The third-order valence-corrected chi connectivity index (χ3v) is 2.20. The zero-order chi connectivity index (χ0) is 9.68. The highest BCUT2D eigenvalue weighted by atomic mass is 14.9. The molecule has 0 spiro atoms. The molecule has 13 heavy (non-hydrogen) atoms. The first kappa shape index (κ1) is 10.3. The lowest BCUT2D eigenvalue weighted by Crippen LogP contribution is -2.26. The Bertz CT molecular complexity index is 233. The number of benzene rings is 1. The second kappa shape index (κ2) is 5.03. The Morgan fingerprint density at radius 2 is 1.77 bits per heavy atom. The standard InChI is InChI=1S/C12H19N.H2/c1-10(2)13-9-11(3)12-7-5-4-6-8-12;/h4-8,10-11,13H,9H2,1-3H3;1H. The molecule has 0 aliphatic heterocycles. The van der Waals surface area contributed by atoms with Crippen molar-refractivity contribution in [2.45, 2.75) is 32.7 Å². The second-order valence-electron chi connectivity index (χ2n) is 3.87. The minimum absolute atomic E-state index is 0. The molecule has 0 aliphatic rings. The summed E-state index contributed by atoms with van der Waals surface area (Å²) in [5.41, 5.74) is 1.41. The van der Waals surface area contributed by atoms with Gasteiger partial charge in [-0.15, -0.1) is 0 Å². The zero-order valence-corrected chi connectivity index (χ0v) is 8.75. The molecule has 1 atom stereocenters. The molecule has 0 aromatic heterocycles. The van der Waals surface area contributed by atoms with Gasteiger partial charge in [0.05, 0.1) is 0 Å². The second-order valence-corrected chi connectivity index (χ2v) is 3.87. The van der Waals surface area contributed by atoms with Gasteiger partial charge in [0, 0.05) is 14.0 Å². The number of hydrogen-bond donors (Lipinski definition) is 1. The molecule has 0 fully saturated rings. The number of hydrogen-bond acceptors (Lipinski definition) is 1. The third-order valence-electron chi connectivity index (χ3n) is 2.20. The monoisotopic (exact) mass is 179 g/mol. The lowest BCUT2D eigenvalue weighted by Gasteiger charge is -2.14. The fourth-order valence-corrected chi connectivity index (χ4v) is 1.31. The summed E-state index contributed by atoms with van der Waals surface area (Å²) in [4.78, 5) is 0. The summed E-state index contributed by atoms with van der Waals surface area (Å²) in [6.45, 7) is 7.67. The Balaban J connectivity index is 0.00000169. The molecule has 1 aromatic carbocycles. The molecule has 0 heterocycles. The van der Waals surface area contributed by atoms with E-state index in [9.17, 15) is 0 Å². The quantitative estimate of drug-likeness (QED) is 0.749. The van der Waals surface area contributed by atoms with Crippen LogP contribution in [0.2, 0.25) is 0 Å². The molecule has 0 aliphatic carbocycles. The van der Waals surface area contributed by atoms with E-state index < -0.39 is 0 Å².